The molecule has 2 rings (SSSR count). The minimum absolute atomic E-state index is 0.0293. The molecule has 2 fully saturated rings. The number of hydrogen-bond acceptors (Lipinski definition) is 3. The summed E-state index contributed by atoms with van der Waals surface area (Å²) >= 11 is 2.08. The predicted molar refractivity (Wildman–Crippen MR) is 71.0 cm³/mol. The van der Waals surface area contributed by atoms with Crippen molar-refractivity contribution in [2.75, 3.05) is 31.1 Å². The largest absolute Gasteiger partial charge is 0.393 e. The van der Waals surface area contributed by atoms with Crippen LogP contribution in [0, 0.1) is 5.92 Å². The lowest BCUT2D eigenvalue weighted by atomic mass is 9.96. The number of aliphatic hydroxyl groups is 1. The zero-order valence-electron chi connectivity index (χ0n) is 10.2. The Balaban J connectivity index is 1.81. The zero-order chi connectivity index (χ0) is 11.2. The van der Waals surface area contributed by atoms with E-state index >= 15 is 0 Å². The number of thioether (sulfide) groups is 1. The molecule has 0 radical (unpaired) electrons. The van der Waals surface area contributed by atoms with Crippen molar-refractivity contribution < 1.29 is 5.11 Å². The van der Waals surface area contributed by atoms with Crippen LogP contribution in [0.4, 0.5) is 0 Å². The molecule has 1 aliphatic carbocycles. The molecule has 0 bridgehead atoms. The smallest absolute Gasteiger partial charge is 0.0580 e. The normalized spacial score (nSPS) is 34.3. The van der Waals surface area contributed by atoms with E-state index in [0.717, 1.165) is 13.0 Å². The quantitative estimate of drug-likeness (QED) is 0.753. The molecule has 2 atom stereocenters. The van der Waals surface area contributed by atoms with Gasteiger partial charge in [0.25, 0.3) is 0 Å². The molecule has 1 heterocycles. The predicted octanol–water partition coefficient (Wildman–Crippen LogP) is 2.37. The van der Waals surface area contributed by atoms with Gasteiger partial charge in [-0.2, -0.15) is 11.8 Å². The minimum atomic E-state index is -0.0293. The Kier molecular flexibility index (Phi) is 5.46. The fourth-order valence-electron chi connectivity index (χ4n) is 2.89. The highest BCUT2D eigenvalue weighted by atomic mass is 32.2. The molecule has 0 aromatic rings. The first-order valence-electron chi connectivity index (χ1n) is 6.84. The maximum absolute atomic E-state index is 10.1. The average Bonchev–Trinajstić information content (AvgIpc) is 2.64. The van der Waals surface area contributed by atoms with Crippen LogP contribution in [0.5, 0.6) is 0 Å². The summed E-state index contributed by atoms with van der Waals surface area (Å²) in [6, 6.07) is 0. The van der Waals surface area contributed by atoms with Gasteiger partial charge in [0.05, 0.1) is 6.10 Å². The summed E-state index contributed by atoms with van der Waals surface area (Å²) in [5, 5.41) is 10.1. The van der Waals surface area contributed by atoms with Crippen LogP contribution in [-0.4, -0.2) is 47.3 Å². The van der Waals surface area contributed by atoms with Crippen LogP contribution >= 0.6 is 11.8 Å². The minimum Gasteiger partial charge on any atom is -0.393 e. The van der Waals surface area contributed by atoms with Crippen LogP contribution in [0.1, 0.15) is 38.5 Å². The van der Waals surface area contributed by atoms with Crippen LogP contribution < -0.4 is 0 Å². The first-order chi connectivity index (χ1) is 7.86. The fraction of sp³-hybridized carbons (Fsp3) is 1.00. The van der Waals surface area contributed by atoms with Crippen molar-refractivity contribution in [3.8, 4) is 0 Å². The van der Waals surface area contributed by atoms with E-state index in [0.29, 0.717) is 5.92 Å². The summed E-state index contributed by atoms with van der Waals surface area (Å²) in [5.41, 5.74) is 0. The average molecular weight is 243 g/mol. The van der Waals surface area contributed by atoms with Crippen LogP contribution in [0.2, 0.25) is 0 Å². The van der Waals surface area contributed by atoms with E-state index in [4.69, 9.17) is 0 Å². The molecular formula is C13H25NOS. The van der Waals surface area contributed by atoms with Crippen LogP contribution in [-0.2, 0) is 0 Å². The lowest BCUT2D eigenvalue weighted by molar-refractivity contribution is 0.0753. The number of hydrogen-bond donors (Lipinski definition) is 1. The standard InChI is InChI=1S/C13H25NOS/c15-13-6-3-1-2-5-12(13)11-14-7-4-9-16-10-8-14/h12-13,15H,1-11H2. The second kappa shape index (κ2) is 6.87. The summed E-state index contributed by atoms with van der Waals surface area (Å²) in [7, 11) is 0. The Morgan fingerprint density at radius 1 is 1.00 bits per heavy atom. The van der Waals surface area contributed by atoms with Gasteiger partial charge < -0.3 is 10.0 Å². The molecule has 1 saturated heterocycles. The van der Waals surface area contributed by atoms with Gasteiger partial charge in [-0.25, -0.2) is 0 Å². The van der Waals surface area contributed by atoms with Crippen molar-refractivity contribution in [2.45, 2.75) is 44.6 Å². The lowest BCUT2D eigenvalue weighted by Crippen LogP contribution is -2.36. The van der Waals surface area contributed by atoms with E-state index < -0.39 is 0 Å². The molecule has 0 aromatic heterocycles. The van der Waals surface area contributed by atoms with E-state index in [9.17, 15) is 5.11 Å². The second-order valence-corrected chi connectivity index (χ2v) is 6.46. The molecule has 3 heteroatoms. The molecule has 1 aliphatic heterocycles. The first-order valence-corrected chi connectivity index (χ1v) is 8.00. The van der Waals surface area contributed by atoms with E-state index in [-0.39, 0.29) is 6.10 Å². The molecule has 2 aliphatic rings. The third kappa shape index (κ3) is 3.94. The van der Waals surface area contributed by atoms with Gasteiger partial charge in [0.1, 0.15) is 0 Å². The van der Waals surface area contributed by atoms with Gasteiger partial charge >= 0.3 is 0 Å². The van der Waals surface area contributed by atoms with E-state index in [1.54, 1.807) is 0 Å². The molecule has 2 unspecified atom stereocenters. The van der Waals surface area contributed by atoms with Crippen molar-refractivity contribution in [1.29, 1.82) is 0 Å². The molecule has 16 heavy (non-hydrogen) atoms. The highest BCUT2D eigenvalue weighted by Crippen LogP contribution is 2.25. The monoisotopic (exact) mass is 243 g/mol. The fourth-order valence-corrected chi connectivity index (χ4v) is 3.81. The third-order valence-electron chi connectivity index (χ3n) is 3.93. The highest BCUT2D eigenvalue weighted by molar-refractivity contribution is 7.99. The van der Waals surface area contributed by atoms with Gasteiger partial charge in [-0.15, -0.1) is 0 Å². The number of rotatable bonds is 2. The number of nitrogens with zero attached hydrogens (tertiary/aromatic N) is 1. The van der Waals surface area contributed by atoms with Crippen molar-refractivity contribution in [3.63, 3.8) is 0 Å². The third-order valence-corrected chi connectivity index (χ3v) is 4.98. The van der Waals surface area contributed by atoms with Crippen LogP contribution in [0.15, 0.2) is 0 Å². The zero-order valence-corrected chi connectivity index (χ0v) is 11.1. The molecule has 0 aromatic carbocycles. The van der Waals surface area contributed by atoms with Gasteiger partial charge in [-0.3, -0.25) is 0 Å². The second-order valence-electron chi connectivity index (χ2n) is 5.23. The highest BCUT2D eigenvalue weighted by Gasteiger charge is 2.24. The maximum atomic E-state index is 10.1. The van der Waals surface area contributed by atoms with Gasteiger partial charge in [0.2, 0.25) is 0 Å². The summed E-state index contributed by atoms with van der Waals surface area (Å²) in [4.78, 5) is 2.58. The Morgan fingerprint density at radius 3 is 2.81 bits per heavy atom. The summed E-state index contributed by atoms with van der Waals surface area (Å²) < 4.78 is 0. The van der Waals surface area contributed by atoms with Gasteiger partial charge in [0, 0.05) is 18.8 Å². The summed E-state index contributed by atoms with van der Waals surface area (Å²) in [6.45, 7) is 3.62. The first kappa shape index (κ1) is 12.7. The van der Waals surface area contributed by atoms with Crippen LogP contribution in [0.3, 0.4) is 0 Å². The summed E-state index contributed by atoms with van der Waals surface area (Å²) in [5.74, 6) is 3.15. The Labute approximate surface area is 104 Å². The SMILES string of the molecule is OC1CCCCCC1CN1CCCSCC1. The Morgan fingerprint density at radius 2 is 1.88 bits per heavy atom. The molecule has 1 saturated carbocycles. The topological polar surface area (TPSA) is 23.5 Å². The maximum Gasteiger partial charge on any atom is 0.0580 e. The van der Waals surface area contributed by atoms with E-state index in [2.05, 4.69) is 16.7 Å². The van der Waals surface area contributed by atoms with Crippen molar-refractivity contribution in [3.05, 3.63) is 0 Å². The molecule has 94 valence electrons. The van der Waals surface area contributed by atoms with Gasteiger partial charge in [-0.1, -0.05) is 19.3 Å². The van der Waals surface area contributed by atoms with Crippen molar-refractivity contribution in [1.82, 2.24) is 4.90 Å². The number of aliphatic hydroxyl groups excluding tert-OH is 1. The molecule has 2 nitrogen and oxygen atoms in total. The van der Waals surface area contributed by atoms with Gasteiger partial charge in [0.15, 0.2) is 0 Å². The Bertz CT molecular complexity index is 192. The van der Waals surface area contributed by atoms with Crippen molar-refractivity contribution in [2.24, 2.45) is 5.92 Å². The van der Waals surface area contributed by atoms with Crippen LogP contribution in [0.25, 0.3) is 0 Å². The van der Waals surface area contributed by atoms with Crippen molar-refractivity contribution >= 4 is 11.8 Å². The summed E-state index contributed by atoms with van der Waals surface area (Å²) in [6.07, 6.45) is 7.45. The molecule has 1 N–H and O–H groups in total. The molecular weight excluding hydrogens is 218 g/mol. The van der Waals surface area contributed by atoms with E-state index in [1.165, 1.54) is 56.7 Å². The van der Waals surface area contributed by atoms with Gasteiger partial charge in [-0.05, 0) is 37.5 Å². The lowest BCUT2D eigenvalue weighted by Gasteiger charge is -2.28. The van der Waals surface area contributed by atoms with E-state index in [1.807, 2.05) is 0 Å². The molecule has 0 amide bonds. The molecule has 0 spiro atoms. The Hall–Kier alpha value is 0.270.